The number of hydrogen-bond donors (Lipinski definition) is 1. The molecule has 0 bridgehead atoms. The van der Waals surface area contributed by atoms with Crippen LogP contribution in [0.15, 0.2) is 24.3 Å². The van der Waals surface area contributed by atoms with E-state index in [-0.39, 0.29) is 24.7 Å². The molecule has 1 saturated heterocycles. The molecule has 1 heterocycles. The highest BCUT2D eigenvalue weighted by Gasteiger charge is 2.24. The van der Waals surface area contributed by atoms with Gasteiger partial charge in [-0.05, 0) is 38.1 Å². The summed E-state index contributed by atoms with van der Waals surface area (Å²) < 4.78 is 10.9. The maximum atomic E-state index is 12.3. The maximum Gasteiger partial charge on any atom is 0.254 e. The molecule has 0 aromatic heterocycles. The number of nitrogens with zero attached hydrogens (tertiary/aromatic N) is 1. The molecule has 5 heteroatoms. The molecular formula is C15H21NO4. The molecule has 110 valence electrons. The Labute approximate surface area is 119 Å². The minimum absolute atomic E-state index is 0.0390. The van der Waals surface area contributed by atoms with E-state index in [0.717, 1.165) is 5.75 Å². The van der Waals surface area contributed by atoms with Crippen molar-refractivity contribution >= 4 is 5.91 Å². The van der Waals surface area contributed by atoms with E-state index < -0.39 is 0 Å². The van der Waals surface area contributed by atoms with E-state index in [9.17, 15) is 4.79 Å². The van der Waals surface area contributed by atoms with Gasteiger partial charge in [0.05, 0.1) is 25.4 Å². The molecule has 1 fully saturated rings. The van der Waals surface area contributed by atoms with E-state index in [1.165, 1.54) is 0 Å². The van der Waals surface area contributed by atoms with Crippen LogP contribution >= 0.6 is 0 Å². The summed E-state index contributed by atoms with van der Waals surface area (Å²) in [7, 11) is 0. The molecule has 0 spiro atoms. The highest BCUT2D eigenvalue weighted by atomic mass is 16.5. The summed E-state index contributed by atoms with van der Waals surface area (Å²) in [5.74, 6) is 0.717. The highest BCUT2D eigenvalue weighted by Crippen LogP contribution is 2.16. The van der Waals surface area contributed by atoms with Crippen molar-refractivity contribution in [3.8, 4) is 5.75 Å². The van der Waals surface area contributed by atoms with Crippen LogP contribution in [0.1, 0.15) is 24.2 Å². The average Bonchev–Trinajstić information content (AvgIpc) is 2.47. The van der Waals surface area contributed by atoms with Crippen molar-refractivity contribution in [2.75, 3.05) is 26.3 Å². The summed E-state index contributed by atoms with van der Waals surface area (Å²) in [5, 5.41) is 9.10. The Morgan fingerprint density at radius 3 is 2.75 bits per heavy atom. The van der Waals surface area contributed by atoms with Crippen LogP contribution in [0.5, 0.6) is 5.75 Å². The van der Waals surface area contributed by atoms with Gasteiger partial charge in [-0.15, -0.1) is 0 Å². The first kappa shape index (κ1) is 14.8. The van der Waals surface area contributed by atoms with Gasteiger partial charge in [0.1, 0.15) is 5.75 Å². The van der Waals surface area contributed by atoms with Crippen LogP contribution in [0.3, 0.4) is 0 Å². The van der Waals surface area contributed by atoms with E-state index in [4.69, 9.17) is 14.6 Å². The summed E-state index contributed by atoms with van der Waals surface area (Å²) in [4.78, 5) is 14.1. The molecule has 0 aliphatic carbocycles. The molecule has 0 saturated carbocycles. The fourth-order valence-corrected chi connectivity index (χ4v) is 2.15. The number of carbonyl (C=O) groups excluding carboxylic acids is 1. The molecule has 2 rings (SSSR count). The molecule has 1 N–H and O–H groups in total. The third-order valence-corrected chi connectivity index (χ3v) is 3.10. The summed E-state index contributed by atoms with van der Waals surface area (Å²) in [6.07, 6.45) is -0.169. The Kier molecular flexibility index (Phi) is 4.98. The van der Waals surface area contributed by atoms with Crippen molar-refractivity contribution in [3.05, 3.63) is 29.8 Å². The van der Waals surface area contributed by atoms with Gasteiger partial charge >= 0.3 is 0 Å². The van der Waals surface area contributed by atoms with Gasteiger partial charge in [-0.25, -0.2) is 0 Å². The zero-order chi connectivity index (χ0) is 14.5. The Bertz CT molecular complexity index is 444. The second-order valence-corrected chi connectivity index (χ2v) is 5.12. The second kappa shape index (κ2) is 6.72. The van der Waals surface area contributed by atoms with Crippen molar-refractivity contribution in [1.82, 2.24) is 4.90 Å². The molecule has 1 aromatic carbocycles. The van der Waals surface area contributed by atoms with Crippen LogP contribution in [0.2, 0.25) is 0 Å². The molecular weight excluding hydrogens is 258 g/mol. The summed E-state index contributed by atoms with van der Waals surface area (Å²) in [5.41, 5.74) is 0.625. The van der Waals surface area contributed by atoms with Gasteiger partial charge in [0, 0.05) is 18.7 Å². The molecule has 1 unspecified atom stereocenters. The summed E-state index contributed by atoms with van der Waals surface area (Å²) in [6, 6.07) is 7.14. The second-order valence-electron chi connectivity index (χ2n) is 5.12. The fraction of sp³-hybridized carbons (Fsp3) is 0.533. The van der Waals surface area contributed by atoms with E-state index in [1.54, 1.807) is 29.2 Å². The number of aliphatic hydroxyl groups excluding tert-OH is 1. The predicted molar refractivity (Wildman–Crippen MR) is 74.9 cm³/mol. The monoisotopic (exact) mass is 279 g/mol. The van der Waals surface area contributed by atoms with Gasteiger partial charge in [0.25, 0.3) is 5.91 Å². The Balaban J connectivity index is 2.01. The molecule has 5 nitrogen and oxygen atoms in total. The fourth-order valence-electron chi connectivity index (χ4n) is 2.15. The lowest BCUT2D eigenvalue weighted by Gasteiger charge is -2.32. The van der Waals surface area contributed by atoms with Crippen molar-refractivity contribution in [3.63, 3.8) is 0 Å². The van der Waals surface area contributed by atoms with Gasteiger partial charge in [-0.2, -0.15) is 0 Å². The predicted octanol–water partition coefficient (Wildman–Crippen LogP) is 1.31. The number of morpholine rings is 1. The quantitative estimate of drug-likeness (QED) is 0.902. The number of hydrogen-bond acceptors (Lipinski definition) is 4. The molecule has 1 amide bonds. The third-order valence-electron chi connectivity index (χ3n) is 3.10. The zero-order valence-corrected chi connectivity index (χ0v) is 11.9. The van der Waals surface area contributed by atoms with Crippen molar-refractivity contribution in [1.29, 1.82) is 0 Å². The smallest absolute Gasteiger partial charge is 0.254 e. The first-order chi connectivity index (χ1) is 9.60. The lowest BCUT2D eigenvalue weighted by atomic mass is 10.1. The standard InChI is InChI=1S/C15H21NO4/c1-11(2)20-13-5-3-12(4-6-13)15(18)16-7-8-19-14(9-16)10-17/h3-6,11,14,17H,7-10H2,1-2H3. The minimum Gasteiger partial charge on any atom is -0.491 e. The van der Waals surface area contributed by atoms with Crippen molar-refractivity contribution < 1.29 is 19.4 Å². The summed E-state index contributed by atoms with van der Waals surface area (Å²) in [6.45, 7) is 5.30. The molecule has 1 aliphatic rings. The average molecular weight is 279 g/mol. The van der Waals surface area contributed by atoms with Gasteiger partial charge in [-0.3, -0.25) is 4.79 Å². The van der Waals surface area contributed by atoms with Gasteiger partial charge in [0.2, 0.25) is 0 Å². The minimum atomic E-state index is -0.281. The Morgan fingerprint density at radius 1 is 1.45 bits per heavy atom. The van der Waals surface area contributed by atoms with Gasteiger partial charge in [-0.1, -0.05) is 0 Å². The number of benzene rings is 1. The normalized spacial score (nSPS) is 19.2. The van der Waals surface area contributed by atoms with Crippen LogP contribution < -0.4 is 4.74 Å². The van der Waals surface area contributed by atoms with Gasteiger partial charge < -0.3 is 19.5 Å². The van der Waals surface area contributed by atoms with Crippen LogP contribution in [0.25, 0.3) is 0 Å². The molecule has 0 radical (unpaired) electrons. The van der Waals surface area contributed by atoms with E-state index in [1.807, 2.05) is 13.8 Å². The van der Waals surface area contributed by atoms with Crippen LogP contribution in [-0.2, 0) is 4.74 Å². The number of rotatable bonds is 4. The Morgan fingerprint density at radius 2 is 2.15 bits per heavy atom. The largest absolute Gasteiger partial charge is 0.491 e. The van der Waals surface area contributed by atoms with E-state index in [0.29, 0.717) is 25.3 Å². The van der Waals surface area contributed by atoms with Crippen molar-refractivity contribution in [2.45, 2.75) is 26.1 Å². The molecule has 1 aliphatic heterocycles. The number of carbonyl (C=O) groups is 1. The SMILES string of the molecule is CC(C)Oc1ccc(C(=O)N2CCOC(CO)C2)cc1. The van der Waals surface area contributed by atoms with E-state index in [2.05, 4.69) is 0 Å². The van der Waals surface area contributed by atoms with Gasteiger partial charge in [0.15, 0.2) is 0 Å². The highest BCUT2D eigenvalue weighted by molar-refractivity contribution is 5.94. The van der Waals surface area contributed by atoms with Crippen LogP contribution in [0, 0.1) is 0 Å². The third kappa shape index (κ3) is 3.71. The zero-order valence-electron chi connectivity index (χ0n) is 11.9. The number of ether oxygens (including phenoxy) is 2. The summed E-state index contributed by atoms with van der Waals surface area (Å²) >= 11 is 0. The van der Waals surface area contributed by atoms with Crippen LogP contribution in [-0.4, -0.2) is 54.4 Å². The molecule has 1 aromatic rings. The Hall–Kier alpha value is -1.59. The first-order valence-electron chi connectivity index (χ1n) is 6.88. The molecule has 20 heavy (non-hydrogen) atoms. The number of amides is 1. The first-order valence-corrected chi connectivity index (χ1v) is 6.88. The molecule has 1 atom stereocenters. The topological polar surface area (TPSA) is 59.0 Å². The maximum absolute atomic E-state index is 12.3. The lowest BCUT2D eigenvalue weighted by Crippen LogP contribution is -2.46. The van der Waals surface area contributed by atoms with Crippen LogP contribution in [0.4, 0.5) is 0 Å². The lowest BCUT2D eigenvalue weighted by molar-refractivity contribution is -0.0447. The number of aliphatic hydroxyl groups is 1. The van der Waals surface area contributed by atoms with Crippen molar-refractivity contribution in [2.24, 2.45) is 0 Å². The van der Waals surface area contributed by atoms with E-state index >= 15 is 0 Å².